The fourth-order valence-electron chi connectivity index (χ4n) is 13.8. The van der Waals surface area contributed by atoms with E-state index in [9.17, 15) is 24.8 Å². The fraction of sp³-hybridized carbons (Fsp3) is 0.373. The summed E-state index contributed by atoms with van der Waals surface area (Å²) in [6.45, 7) is 16.6. The summed E-state index contributed by atoms with van der Waals surface area (Å²) < 4.78 is 29.4. The van der Waals surface area contributed by atoms with Crippen LogP contribution >= 0.6 is 34.0 Å². The Kier molecular flexibility index (Phi) is 16.0. The highest BCUT2D eigenvalue weighted by atomic mass is 32.1. The molecular formula is C67H67FN18O3S3. The van der Waals surface area contributed by atoms with Crippen molar-refractivity contribution >= 4 is 92.7 Å². The van der Waals surface area contributed by atoms with E-state index in [0.29, 0.717) is 79.6 Å². The highest BCUT2D eigenvalue weighted by Gasteiger charge is 2.38. The number of aliphatic carboxylic acids is 1. The van der Waals surface area contributed by atoms with Crippen molar-refractivity contribution in [3.63, 3.8) is 0 Å². The minimum absolute atomic E-state index is 0.0770. The van der Waals surface area contributed by atoms with Crippen LogP contribution in [0, 0.1) is 49.3 Å². The number of carboxylic acids is 1. The normalized spacial score (nSPS) is 18.8. The number of nitrogens with zero attached hydrogens (tertiary/aromatic N) is 14. The number of nitrogens with one attached hydrogen (secondary N) is 4. The number of anilines is 1. The van der Waals surface area contributed by atoms with Gasteiger partial charge in [0.2, 0.25) is 0 Å². The first-order valence-corrected chi connectivity index (χ1v) is 33.4. The monoisotopic (exact) mass is 1290 g/mol. The number of ether oxygens (including phenoxy) is 1. The largest absolute Gasteiger partial charge is 0.481 e. The van der Waals surface area contributed by atoms with Crippen LogP contribution in [0.5, 0.6) is 5.19 Å². The van der Waals surface area contributed by atoms with Crippen LogP contribution in [0.2, 0.25) is 0 Å². The molecule has 0 saturated carbocycles. The molecule has 15 heterocycles. The van der Waals surface area contributed by atoms with Gasteiger partial charge >= 0.3 is 5.97 Å². The van der Waals surface area contributed by atoms with Crippen LogP contribution in [0.4, 0.5) is 9.52 Å². The second-order valence-electron chi connectivity index (χ2n) is 26.0. The summed E-state index contributed by atoms with van der Waals surface area (Å²) in [7, 11) is 0. The third-order valence-corrected chi connectivity index (χ3v) is 20.4. The number of imidazole rings is 3. The van der Waals surface area contributed by atoms with Gasteiger partial charge in [-0.05, 0) is 155 Å². The van der Waals surface area contributed by atoms with Gasteiger partial charge in [-0.25, -0.2) is 38.8 Å². The molecule has 0 aliphatic carbocycles. The van der Waals surface area contributed by atoms with Crippen molar-refractivity contribution < 1.29 is 19.0 Å². The van der Waals surface area contributed by atoms with Crippen LogP contribution in [0.1, 0.15) is 124 Å². The molecular weight excluding hydrogens is 1220 g/mol. The molecule has 468 valence electrons. The molecule has 2 atom stereocenters. The molecule has 4 fully saturated rings. The second kappa shape index (κ2) is 24.3. The van der Waals surface area contributed by atoms with Crippen molar-refractivity contribution in [1.82, 2.24) is 74.2 Å². The van der Waals surface area contributed by atoms with Crippen LogP contribution < -0.4 is 26.0 Å². The number of pyridine rings is 4. The Morgan fingerprint density at radius 2 is 1.29 bits per heavy atom. The van der Waals surface area contributed by atoms with Gasteiger partial charge in [-0.3, -0.25) is 14.8 Å². The quantitative estimate of drug-likeness (QED) is 0.0851. The zero-order valence-corrected chi connectivity index (χ0v) is 54.3. The number of rotatable bonds is 10. The van der Waals surface area contributed by atoms with Crippen LogP contribution in [0.25, 0.3) is 81.4 Å². The van der Waals surface area contributed by atoms with E-state index in [1.807, 2.05) is 84.8 Å². The highest BCUT2D eigenvalue weighted by molar-refractivity contribution is 7.22. The lowest BCUT2D eigenvalue weighted by Crippen LogP contribution is -2.60. The van der Waals surface area contributed by atoms with Crippen molar-refractivity contribution in [2.24, 2.45) is 0 Å². The van der Waals surface area contributed by atoms with Gasteiger partial charge in [0.15, 0.2) is 27.9 Å². The average molecular weight is 1290 g/mol. The molecule has 92 heavy (non-hydrogen) atoms. The summed E-state index contributed by atoms with van der Waals surface area (Å²) in [5, 5.41) is 49.9. The molecule has 4 saturated heterocycles. The maximum Gasteiger partial charge on any atom is 0.307 e. The SMILES string of the molecule is Cc1cn2cc(-c3cc4sc(NC5CC(C)(C)NC(C)(C)C5)nc4cn3)cc(C#N)c2n1.Cc1cn2cc(-c3cc4sc(OC5CC6CCC(C5)N6)nc4cn3)cc(C#N)c2n1.Cc1cn2nc(-c3cc(F)c4nc(C5CCNCC5)sc4c3)cc(CC(=O)O)c2n1. The van der Waals surface area contributed by atoms with E-state index < -0.39 is 5.97 Å². The van der Waals surface area contributed by atoms with E-state index in [1.165, 1.54) is 30.2 Å². The lowest BCUT2D eigenvalue weighted by molar-refractivity contribution is -0.136. The number of aryl methyl sites for hydroxylation is 3. The Morgan fingerprint density at radius 1 is 0.696 bits per heavy atom. The lowest BCUT2D eigenvalue weighted by Gasteiger charge is -2.46. The van der Waals surface area contributed by atoms with Gasteiger partial charge in [0, 0.05) is 82.2 Å². The minimum atomic E-state index is -0.953. The summed E-state index contributed by atoms with van der Waals surface area (Å²) in [5.41, 5.74) is 12.7. The molecule has 2 bridgehead atoms. The molecule has 12 aromatic rings. The van der Waals surface area contributed by atoms with E-state index in [2.05, 4.69) is 107 Å². The fourth-order valence-corrected chi connectivity index (χ4v) is 16.8. The number of benzene rings is 1. The number of aromatic nitrogens is 12. The van der Waals surface area contributed by atoms with E-state index in [-0.39, 0.29) is 29.4 Å². The first-order valence-electron chi connectivity index (χ1n) is 30.9. The Hall–Kier alpha value is -8.95. The molecule has 1 aromatic carbocycles. The molecule has 0 spiro atoms. The third kappa shape index (κ3) is 12.7. The van der Waals surface area contributed by atoms with Crippen LogP contribution in [-0.2, 0) is 11.2 Å². The van der Waals surface area contributed by atoms with Crippen molar-refractivity contribution in [2.45, 2.75) is 147 Å². The molecule has 0 amide bonds. The Morgan fingerprint density at radius 3 is 1.91 bits per heavy atom. The van der Waals surface area contributed by atoms with Gasteiger partial charge in [0.05, 0.1) is 89.4 Å². The number of carboxylic acid groups (broad SMARTS) is 1. The summed E-state index contributed by atoms with van der Waals surface area (Å²) in [5.74, 6) is -0.982. The number of hydrogen-bond donors (Lipinski definition) is 5. The number of piperidine rings is 3. The molecule has 16 rings (SSSR count). The average Bonchev–Trinajstić information content (AvgIpc) is 1.60. The molecule has 21 nitrogen and oxygen atoms in total. The molecule has 11 aromatic heterocycles. The van der Waals surface area contributed by atoms with Crippen molar-refractivity contribution in [3.05, 3.63) is 130 Å². The van der Waals surface area contributed by atoms with Crippen molar-refractivity contribution in [3.8, 4) is 51.1 Å². The van der Waals surface area contributed by atoms with Crippen molar-refractivity contribution in [2.75, 3.05) is 18.4 Å². The standard InChI is InChI=1S/C24H27N7S.C22H20N6OS.C21H20FN5O2S/c1-14-12-31-13-16(6-15(10-25)21(31)27-14)18-7-20-19(11-26-18)29-22(32-20)28-17-8-23(2,3)30-24(4,5)9-17;1-12-10-28-11-14(4-13(8-23)21(28)25-12)18-7-20-19(9-24-18)27-22(30-20)29-17-5-15-2-3-16(6-17)26-15;1-11-10-27-20(24-11)14(9-18(28)29)7-16(26-27)13-6-15(22)19-17(8-13)30-21(25-19)12-2-4-23-5-3-12/h6-7,11-13,17,30H,8-9H2,1-5H3,(H,28,29);4,7,9-11,15-17,26H,2-3,5-6H2,1H3;6-8,10,12,23H,2-5,9H2,1H3,(H,28,29). The van der Waals surface area contributed by atoms with Gasteiger partial charge in [-0.2, -0.15) is 15.6 Å². The lowest BCUT2D eigenvalue weighted by atomic mass is 9.80. The first-order chi connectivity index (χ1) is 44.2. The van der Waals surface area contributed by atoms with Gasteiger partial charge in [-0.1, -0.05) is 22.7 Å². The number of halogens is 1. The zero-order chi connectivity index (χ0) is 63.7. The molecule has 2 unspecified atom stereocenters. The summed E-state index contributed by atoms with van der Waals surface area (Å²) in [6, 6.07) is 18.8. The molecule has 0 radical (unpaired) electrons. The van der Waals surface area contributed by atoms with Crippen molar-refractivity contribution in [1.29, 1.82) is 10.5 Å². The van der Waals surface area contributed by atoms with Gasteiger partial charge < -0.3 is 39.9 Å². The third-order valence-electron chi connectivity index (χ3n) is 17.3. The molecule has 5 N–H and O–H groups in total. The van der Waals surface area contributed by atoms with Gasteiger partial charge in [-0.15, -0.1) is 11.3 Å². The predicted octanol–water partition coefficient (Wildman–Crippen LogP) is 12.3. The smallest absolute Gasteiger partial charge is 0.307 e. The van der Waals surface area contributed by atoms with Crippen LogP contribution in [0.3, 0.4) is 0 Å². The molecule has 4 aliphatic heterocycles. The number of fused-ring (bicyclic) bond motifs is 8. The Balaban J connectivity index is 0.000000120. The maximum absolute atomic E-state index is 14.9. The summed E-state index contributed by atoms with van der Waals surface area (Å²) in [6.07, 6.45) is 21.9. The van der Waals surface area contributed by atoms with Gasteiger partial charge in [0.1, 0.15) is 34.8 Å². The first kappa shape index (κ1) is 60.6. The number of thiazole rings is 3. The van der Waals surface area contributed by atoms with E-state index in [1.54, 1.807) is 45.6 Å². The summed E-state index contributed by atoms with van der Waals surface area (Å²) >= 11 is 4.74. The number of carbonyl (C=O) groups is 1. The predicted molar refractivity (Wildman–Crippen MR) is 356 cm³/mol. The maximum atomic E-state index is 14.9. The minimum Gasteiger partial charge on any atom is -0.481 e. The second-order valence-corrected chi connectivity index (χ2v) is 29.0. The van der Waals surface area contributed by atoms with E-state index in [0.717, 1.165) is 126 Å². The van der Waals surface area contributed by atoms with Crippen LogP contribution in [0.15, 0.2) is 85.8 Å². The number of nitriles is 2. The highest BCUT2D eigenvalue weighted by Crippen LogP contribution is 2.39. The molecule has 4 aliphatic rings. The molecule has 25 heteroatoms. The zero-order valence-electron chi connectivity index (χ0n) is 51.9. The van der Waals surface area contributed by atoms with E-state index in [4.69, 9.17) is 9.72 Å². The summed E-state index contributed by atoms with van der Waals surface area (Å²) in [4.78, 5) is 47.8. The Bertz CT molecular complexity index is 4920. The van der Waals surface area contributed by atoms with Gasteiger partial charge in [0.25, 0.3) is 5.19 Å². The Labute approximate surface area is 540 Å². The van der Waals surface area contributed by atoms with Crippen LogP contribution in [-0.4, -0.2) is 118 Å². The topological polar surface area (TPSA) is 271 Å². The van der Waals surface area contributed by atoms with E-state index >= 15 is 0 Å². The number of hydrogen-bond acceptors (Lipinski definition) is 20.